The van der Waals surface area contributed by atoms with Crippen LogP contribution >= 0.6 is 0 Å². The SMILES string of the molecule is Cc1ccc(N2C(=O)c3ccc(Oc4cccc([N+](=O)[O-])c4)cc3C2=O)cc1C. The largest absolute Gasteiger partial charge is 0.457 e. The molecule has 4 rings (SSSR count). The highest BCUT2D eigenvalue weighted by Gasteiger charge is 2.37. The van der Waals surface area contributed by atoms with E-state index in [0.29, 0.717) is 17.0 Å². The van der Waals surface area contributed by atoms with Gasteiger partial charge in [-0.1, -0.05) is 12.1 Å². The van der Waals surface area contributed by atoms with E-state index in [0.717, 1.165) is 16.0 Å². The van der Waals surface area contributed by atoms with Gasteiger partial charge < -0.3 is 4.74 Å². The fourth-order valence-corrected chi connectivity index (χ4v) is 3.18. The second-order valence-corrected chi connectivity index (χ2v) is 6.78. The van der Waals surface area contributed by atoms with Gasteiger partial charge in [-0.25, -0.2) is 4.90 Å². The summed E-state index contributed by atoms with van der Waals surface area (Å²) in [5, 5.41) is 10.9. The number of rotatable bonds is 4. The number of benzene rings is 3. The average Bonchev–Trinajstić information content (AvgIpc) is 2.94. The molecule has 3 aromatic rings. The van der Waals surface area contributed by atoms with Crippen molar-refractivity contribution in [2.75, 3.05) is 4.90 Å². The Hall–Kier alpha value is -4.00. The molecule has 7 heteroatoms. The topological polar surface area (TPSA) is 89.8 Å². The summed E-state index contributed by atoms with van der Waals surface area (Å²) in [5.41, 5.74) is 2.99. The first-order valence-corrected chi connectivity index (χ1v) is 8.87. The molecule has 2 amide bonds. The van der Waals surface area contributed by atoms with Crippen LogP contribution in [0, 0.1) is 24.0 Å². The Morgan fingerprint density at radius 3 is 2.28 bits per heavy atom. The van der Waals surface area contributed by atoms with Gasteiger partial charge in [-0.2, -0.15) is 0 Å². The van der Waals surface area contributed by atoms with Crippen molar-refractivity contribution in [3.8, 4) is 11.5 Å². The Balaban J connectivity index is 1.66. The van der Waals surface area contributed by atoms with E-state index in [2.05, 4.69) is 0 Å². The zero-order valence-corrected chi connectivity index (χ0v) is 15.7. The van der Waals surface area contributed by atoms with Gasteiger partial charge in [-0.05, 0) is 61.4 Å². The molecule has 0 saturated carbocycles. The molecule has 0 fully saturated rings. The first-order valence-electron chi connectivity index (χ1n) is 8.87. The number of nitro groups is 1. The Labute approximate surface area is 166 Å². The fraction of sp³-hybridized carbons (Fsp3) is 0.0909. The first-order chi connectivity index (χ1) is 13.8. The van der Waals surface area contributed by atoms with Gasteiger partial charge >= 0.3 is 0 Å². The minimum absolute atomic E-state index is 0.101. The number of hydrogen-bond acceptors (Lipinski definition) is 5. The molecule has 0 spiro atoms. The molecular formula is C22H16N2O5. The van der Waals surface area contributed by atoms with E-state index in [1.807, 2.05) is 19.9 Å². The van der Waals surface area contributed by atoms with Crippen LogP contribution in [0.5, 0.6) is 11.5 Å². The van der Waals surface area contributed by atoms with Crippen LogP contribution in [0.25, 0.3) is 0 Å². The zero-order valence-electron chi connectivity index (χ0n) is 15.7. The van der Waals surface area contributed by atoms with Gasteiger partial charge in [0, 0.05) is 6.07 Å². The minimum Gasteiger partial charge on any atom is -0.457 e. The van der Waals surface area contributed by atoms with Crippen molar-refractivity contribution in [3.63, 3.8) is 0 Å². The summed E-state index contributed by atoms with van der Waals surface area (Å²) in [4.78, 5) is 37.2. The van der Waals surface area contributed by atoms with Crippen molar-refractivity contribution >= 4 is 23.2 Å². The first kappa shape index (κ1) is 18.4. The summed E-state index contributed by atoms with van der Waals surface area (Å²) < 4.78 is 5.67. The summed E-state index contributed by atoms with van der Waals surface area (Å²) in [6.45, 7) is 3.88. The van der Waals surface area contributed by atoms with E-state index in [1.54, 1.807) is 24.3 Å². The third-order valence-corrected chi connectivity index (χ3v) is 4.87. The lowest BCUT2D eigenvalue weighted by Crippen LogP contribution is -2.29. The number of amides is 2. The van der Waals surface area contributed by atoms with Crippen LogP contribution in [0.2, 0.25) is 0 Å². The second kappa shape index (κ2) is 6.87. The fourth-order valence-electron chi connectivity index (χ4n) is 3.18. The number of imide groups is 1. The lowest BCUT2D eigenvalue weighted by molar-refractivity contribution is -0.384. The van der Waals surface area contributed by atoms with Crippen molar-refractivity contribution < 1.29 is 19.2 Å². The molecule has 0 bridgehead atoms. The maximum atomic E-state index is 12.9. The number of hydrogen-bond donors (Lipinski definition) is 0. The van der Waals surface area contributed by atoms with Crippen molar-refractivity contribution in [1.82, 2.24) is 0 Å². The standard InChI is InChI=1S/C22H16N2O5/c1-13-6-7-15(10-14(13)2)23-21(25)19-9-8-18(12-20(19)22(23)26)29-17-5-3-4-16(11-17)24(27)28/h3-12H,1-2H3. The molecule has 3 aromatic carbocycles. The molecular weight excluding hydrogens is 372 g/mol. The molecule has 1 heterocycles. The molecule has 0 aromatic heterocycles. The van der Waals surface area contributed by atoms with E-state index < -0.39 is 16.7 Å². The number of carbonyl (C=O) groups is 2. The predicted molar refractivity (Wildman–Crippen MR) is 107 cm³/mol. The molecule has 1 aliphatic heterocycles. The number of carbonyl (C=O) groups excluding carboxylic acids is 2. The van der Waals surface area contributed by atoms with Crippen LogP contribution < -0.4 is 9.64 Å². The van der Waals surface area contributed by atoms with Crippen LogP contribution in [0.15, 0.2) is 60.7 Å². The summed E-state index contributed by atoms with van der Waals surface area (Å²) in [6, 6.07) is 15.7. The van der Waals surface area contributed by atoms with Gasteiger partial charge in [-0.15, -0.1) is 0 Å². The Morgan fingerprint density at radius 1 is 0.828 bits per heavy atom. The summed E-state index contributed by atoms with van der Waals surface area (Å²) >= 11 is 0. The third kappa shape index (κ3) is 3.23. The third-order valence-electron chi connectivity index (χ3n) is 4.87. The van der Waals surface area contributed by atoms with Gasteiger partial charge in [0.15, 0.2) is 0 Å². The molecule has 144 valence electrons. The Bertz CT molecular complexity index is 1190. The molecule has 7 nitrogen and oxygen atoms in total. The van der Waals surface area contributed by atoms with Gasteiger partial charge in [0.1, 0.15) is 11.5 Å². The zero-order chi connectivity index (χ0) is 20.7. The van der Waals surface area contributed by atoms with Crippen LogP contribution in [-0.4, -0.2) is 16.7 Å². The van der Waals surface area contributed by atoms with Crippen LogP contribution in [-0.2, 0) is 0 Å². The van der Waals surface area contributed by atoms with Gasteiger partial charge in [0.05, 0.1) is 27.8 Å². The highest BCUT2D eigenvalue weighted by atomic mass is 16.6. The number of ether oxygens (including phenoxy) is 1. The summed E-state index contributed by atoms with van der Waals surface area (Å²) in [7, 11) is 0. The summed E-state index contributed by atoms with van der Waals surface area (Å²) in [5.74, 6) is -0.248. The lowest BCUT2D eigenvalue weighted by atomic mass is 10.1. The van der Waals surface area contributed by atoms with Gasteiger partial charge in [0.25, 0.3) is 17.5 Å². The number of nitro benzene ring substituents is 1. The molecule has 0 aliphatic carbocycles. The maximum absolute atomic E-state index is 12.9. The van der Waals surface area contributed by atoms with Crippen molar-refractivity contribution in [1.29, 1.82) is 0 Å². The second-order valence-electron chi connectivity index (χ2n) is 6.78. The van der Waals surface area contributed by atoms with E-state index in [-0.39, 0.29) is 17.0 Å². The van der Waals surface area contributed by atoms with E-state index in [1.165, 1.54) is 30.3 Å². The molecule has 0 saturated heterocycles. The minimum atomic E-state index is -0.515. The lowest BCUT2D eigenvalue weighted by Gasteiger charge is -2.15. The van der Waals surface area contributed by atoms with Crippen molar-refractivity contribution in [3.05, 3.63) is 93.0 Å². The van der Waals surface area contributed by atoms with Crippen molar-refractivity contribution in [2.24, 2.45) is 0 Å². The number of aryl methyl sites for hydroxylation is 2. The normalized spacial score (nSPS) is 12.8. The molecule has 0 atom stereocenters. The number of anilines is 1. The smallest absolute Gasteiger partial charge is 0.273 e. The van der Waals surface area contributed by atoms with Crippen molar-refractivity contribution in [2.45, 2.75) is 13.8 Å². The predicted octanol–water partition coefficient (Wildman–Crippen LogP) is 4.80. The van der Waals surface area contributed by atoms with E-state index in [4.69, 9.17) is 4.74 Å². The highest BCUT2D eigenvalue weighted by molar-refractivity contribution is 6.34. The number of non-ortho nitro benzene ring substituents is 1. The highest BCUT2D eigenvalue weighted by Crippen LogP contribution is 2.33. The van der Waals surface area contributed by atoms with Gasteiger partial charge in [0.2, 0.25) is 0 Å². The molecule has 1 aliphatic rings. The quantitative estimate of drug-likeness (QED) is 0.364. The maximum Gasteiger partial charge on any atom is 0.273 e. The molecule has 0 N–H and O–H groups in total. The number of nitrogens with zero attached hydrogens (tertiary/aromatic N) is 2. The average molecular weight is 388 g/mol. The summed E-state index contributed by atoms with van der Waals surface area (Å²) in [6.07, 6.45) is 0. The molecule has 0 radical (unpaired) electrons. The number of fused-ring (bicyclic) bond motifs is 1. The molecule has 29 heavy (non-hydrogen) atoms. The van der Waals surface area contributed by atoms with Crippen LogP contribution in [0.3, 0.4) is 0 Å². The Morgan fingerprint density at radius 2 is 1.55 bits per heavy atom. The van der Waals surface area contributed by atoms with Crippen LogP contribution in [0.1, 0.15) is 31.8 Å². The molecule has 0 unspecified atom stereocenters. The van der Waals surface area contributed by atoms with E-state index in [9.17, 15) is 19.7 Å². The monoisotopic (exact) mass is 388 g/mol. The Kier molecular flexibility index (Phi) is 4.35. The van der Waals surface area contributed by atoms with E-state index >= 15 is 0 Å². The van der Waals surface area contributed by atoms with Gasteiger partial charge in [-0.3, -0.25) is 19.7 Å². The van der Waals surface area contributed by atoms with Crippen LogP contribution in [0.4, 0.5) is 11.4 Å².